The van der Waals surface area contributed by atoms with E-state index in [-0.39, 0.29) is 31.7 Å². The molecule has 2 aromatic carbocycles. The number of nitrogens with two attached hydrogens (primary N) is 1. The number of carbonyl (C=O) groups is 2. The Kier molecular flexibility index (Phi) is 6.42. The predicted octanol–water partition coefficient (Wildman–Crippen LogP) is 3.01. The summed E-state index contributed by atoms with van der Waals surface area (Å²) in [6.45, 7) is 2.70. The summed E-state index contributed by atoms with van der Waals surface area (Å²) in [6.07, 6.45) is 3.42. The minimum absolute atomic E-state index is 0.143. The van der Waals surface area contributed by atoms with E-state index in [0.717, 1.165) is 36.3 Å². The van der Waals surface area contributed by atoms with Crippen molar-refractivity contribution in [3.63, 3.8) is 0 Å². The van der Waals surface area contributed by atoms with Gasteiger partial charge in [-0.2, -0.15) is 0 Å². The normalized spacial score (nSPS) is 20.4. The van der Waals surface area contributed by atoms with Crippen LogP contribution in [0.1, 0.15) is 66.1 Å². The van der Waals surface area contributed by atoms with E-state index >= 15 is 0 Å². The van der Waals surface area contributed by atoms with E-state index < -0.39 is 5.91 Å². The quantitative estimate of drug-likeness (QED) is 0.606. The second kappa shape index (κ2) is 9.39. The fourth-order valence-electron chi connectivity index (χ4n) is 4.48. The second-order valence-corrected chi connectivity index (χ2v) is 8.27. The summed E-state index contributed by atoms with van der Waals surface area (Å²) in [6, 6.07) is 14.4. The Bertz CT molecular complexity index is 944. The van der Waals surface area contributed by atoms with Gasteiger partial charge < -0.3 is 25.8 Å². The van der Waals surface area contributed by atoms with E-state index in [9.17, 15) is 9.59 Å². The fraction of sp³-hybridized carbons (Fsp3) is 0.417. The van der Waals surface area contributed by atoms with Crippen molar-refractivity contribution in [2.24, 2.45) is 5.73 Å². The number of rotatable bonds is 8. The number of amides is 2. The lowest BCUT2D eigenvalue weighted by Gasteiger charge is -2.21. The lowest BCUT2D eigenvalue weighted by atomic mass is 9.96. The molecule has 1 aliphatic carbocycles. The molecule has 1 saturated carbocycles. The summed E-state index contributed by atoms with van der Waals surface area (Å²) in [4.78, 5) is 22.9. The van der Waals surface area contributed by atoms with Crippen molar-refractivity contribution in [1.29, 1.82) is 0 Å². The highest BCUT2D eigenvalue weighted by molar-refractivity contribution is 5.94. The molecule has 1 aliphatic heterocycles. The maximum absolute atomic E-state index is 12.2. The first kappa shape index (κ1) is 21.2. The van der Waals surface area contributed by atoms with Crippen LogP contribution >= 0.6 is 0 Å². The molecule has 7 heteroatoms. The highest BCUT2D eigenvalue weighted by atomic mass is 16.7. The largest absolute Gasteiger partial charge is 0.454 e. The minimum atomic E-state index is -0.424. The molecule has 4 rings (SSSR count). The van der Waals surface area contributed by atoms with Gasteiger partial charge in [0, 0.05) is 36.2 Å². The first-order valence-electron chi connectivity index (χ1n) is 10.8. The molecule has 31 heavy (non-hydrogen) atoms. The molecule has 7 nitrogen and oxygen atoms in total. The number of benzene rings is 2. The first-order chi connectivity index (χ1) is 15.0. The second-order valence-electron chi connectivity index (χ2n) is 8.27. The summed E-state index contributed by atoms with van der Waals surface area (Å²) in [7, 11) is 0. The Morgan fingerprint density at radius 3 is 2.71 bits per heavy atom. The van der Waals surface area contributed by atoms with Crippen LogP contribution in [-0.2, 0) is 4.79 Å². The van der Waals surface area contributed by atoms with Crippen molar-refractivity contribution >= 4 is 11.8 Å². The Balaban J connectivity index is 1.31. The Hall–Kier alpha value is -3.06. The molecule has 1 unspecified atom stereocenters. The van der Waals surface area contributed by atoms with E-state index in [1.54, 1.807) is 0 Å². The lowest BCUT2D eigenvalue weighted by molar-refractivity contribution is -0.117. The monoisotopic (exact) mass is 423 g/mol. The molecular weight excluding hydrogens is 394 g/mol. The topological polar surface area (TPSA) is 103 Å². The van der Waals surface area contributed by atoms with E-state index in [4.69, 9.17) is 15.2 Å². The fourth-order valence-corrected chi connectivity index (χ4v) is 4.48. The third-order valence-corrected chi connectivity index (χ3v) is 6.11. The van der Waals surface area contributed by atoms with Crippen molar-refractivity contribution in [1.82, 2.24) is 10.6 Å². The minimum Gasteiger partial charge on any atom is -0.454 e. The Labute approximate surface area is 182 Å². The summed E-state index contributed by atoms with van der Waals surface area (Å²) in [5, 5.41) is 6.46. The van der Waals surface area contributed by atoms with Crippen molar-refractivity contribution in [3.8, 4) is 11.5 Å². The molecule has 1 heterocycles. The summed E-state index contributed by atoms with van der Waals surface area (Å²) < 4.78 is 11.1. The third kappa shape index (κ3) is 4.99. The van der Waals surface area contributed by atoms with Gasteiger partial charge in [-0.1, -0.05) is 24.3 Å². The molecule has 3 atom stereocenters. The Morgan fingerprint density at radius 1 is 1.13 bits per heavy atom. The van der Waals surface area contributed by atoms with Gasteiger partial charge >= 0.3 is 0 Å². The van der Waals surface area contributed by atoms with Gasteiger partial charge in [-0.05, 0) is 55.9 Å². The molecule has 0 saturated heterocycles. The number of nitrogens with one attached hydrogen (secondary N) is 2. The molecule has 164 valence electrons. The van der Waals surface area contributed by atoms with Gasteiger partial charge in [-0.15, -0.1) is 0 Å². The van der Waals surface area contributed by atoms with Gasteiger partial charge in [0.15, 0.2) is 11.5 Å². The predicted molar refractivity (Wildman–Crippen MR) is 117 cm³/mol. The van der Waals surface area contributed by atoms with Crippen LogP contribution in [0.2, 0.25) is 0 Å². The number of primary amides is 1. The van der Waals surface area contributed by atoms with E-state index in [1.807, 2.05) is 36.4 Å². The average molecular weight is 424 g/mol. The highest BCUT2D eigenvalue weighted by Gasteiger charge is 2.28. The van der Waals surface area contributed by atoms with E-state index in [1.165, 1.54) is 5.56 Å². The maximum Gasteiger partial charge on any atom is 0.251 e. The van der Waals surface area contributed by atoms with Crippen LogP contribution in [0.25, 0.3) is 0 Å². The van der Waals surface area contributed by atoms with Crippen LogP contribution in [0.4, 0.5) is 0 Å². The molecule has 0 radical (unpaired) electrons. The Morgan fingerprint density at radius 2 is 1.94 bits per heavy atom. The molecule has 2 amide bonds. The molecule has 2 aliphatic rings. The average Bonchev–Trinajstić information content (AvgIpc) is 3.42. The standard InChI is InChI=1S/C24H29N3O4/c1-15(20-3-2-4-21-23(20)31-14-30-21)27-19-10-9-18(13-19)16-5-7-17(8-6-16)24(29)26-12-11-22(25)28/h2-8,15,18-19,27H,9-14H2,1H3,(H2,25,28)(H,26,29)/t15-,18?,19-/m0/s1. The van der Waals surface area contributed by atoms with Crippen molar-refractivity contribution in [3.05, 3.63) is 59.2 Å². The number of ether oxygens (including phenoxy) is 2. The van der Waals surface area contributed by atoms with E-state index in [2.05, 4.69) is 23.6 Å². The zero-order valence-electron chi connectivity index (χ0n) is 17.7. The van der Waals surface area contributed by atoms with Crippen LogP contribution in [0.3, 0.4) is 0 Å². The van der Waals surface area contributed by atoms with Crippen molar-refractivity contribution < 1.29 is 19.1 Å². The number of carbonyl (C=O) groups excluding carboxylic acids is 2. The van der Waals surface area contributed by atoms with Crippen LogP contribution in [0.15, 0.2) is 42.5 Å². The van der Waals surface area contributed by atoms with Gasteiger partial charge in [0.25, 0.3) is 5.91 Å². The van der Waals surface area contributed by atoms with Gasteiger partial charge in [-0.25, -0.2) is 0 Å². The number of hydrogen-bond acceptors (Lipinski definition) is 5. The van der Waals surface area contributed by atoms with Gasteiger partial charge in [-0.3, -0.25) is 9.59 Å². The lowest BCUT2D eigenvalue weighted by Crippen LogP contribution is -2.29. The molecule has 2 aromatic rings. The molecule has 0 aromatic heterocycles. The summed E-state index contributed by atoms with van der Waals surface area (Å²) in [5.74, 6) is 1.52. The smallest absolute Gasteiger partial charge is 0.251 e. The van der Waals surface area contributed by atoms with Gasteiger partial charge in [0.2, 0.25) is 12.7 Å². The van der Waals surface area contributed by atoms with Crippen LogP contribution in [0.5, 0.6) is 11.5 Å². The number of para-hydroxylation sites is 1. The first-order valence-corrected chi connectivity index (χ1v) is 10.8. The van der Waals surface area contributed by atoms with Crippen molar-refractivity contribution in [2.75, 3.05) is 13.3 Å². The van der Waals surface area contributed by atoms with Crippen LogP contribution in [0, 0.1) is 0 Å². The zero-order chi connectivity index (χ0) is 21.8. The molecule has 0 spiro atoms. The summed E-state index contributed by atoms with van der Waals surface area (Å²) in [5.41, 5.74) is 8.07. The van der Waals surface area contributed by atoms with Crippen molar-refractivity contribution in [2.45, 2.75) is 50.6 Å². The zero-order valence-corrected chi connectivity index (χ0v) is 17.7. The van der Waals surface area contributed by atoms with Crippen LogP contribution < -0.4 is 25.8 Å². The van der Waals surface area contributed by atoms with Crippen LogP contribution in [-0.4, -0.2) is 31.2 Å². The van der Waals surface area contributed by atoms with E-state index in [0.29, 0.717) is 17.5 Å². The SMILES string of the molecule is C[C@H](N[C@H]1CCC(c2ccc(C(=O)NCCC(N)=O)cc2)C1)c1cccc2c1OCO2. The number of hydrogen-bond donors (Lipinski definition) is 3. The van der Waals surface area contributed by atoms with Gasteiger partial charge in [0.1, 0.15) is 0 Å². The summed E-state index contributed by atoms with van der Waals surface area (Å²) >= 11 is 0. The number of fused-ring (bicyclic) bond motifs is 1. The molecule has 1 fully saturated rings. The maximum atomic E-state index is 12.2. The molecular formula is C24H29N3O4. The molecule has 4 N–H and O–H groups in total. The highest BCUT2D eigenvalue weighted by Crippen LogP contribution is 2.40. The third-order valence-electron chi connectivity index (χ3n) is 6.11. The van der Waals surface area contributed by atoms with Gasteiger partial charge in [0.05, 0.1) is 0 Å². The molecule has 0 bridgehead atoms.